The number of H-pyrrole nitrogens is 2. The molecule has 2 rings (SSSR count). The number of aromatic amines is 2. The predicted molar refractivity (Wildman–Crippen MR) is 50.3 cm³/mol. The highest BCUT2D eigenvalue weighted by molar-refractivity contribution is 5.84. The molecule has 6 heteroatoms. The predicted octanol–water partition coefficient (Wildman–Crippen LogP) is -0.276. The molecule has 0 aromatic carbocycles. The van der Waals surface area contributed by atoms with Crippen LogP contribution in [0.3, 0.4) is 0 Å². The molecular weight excluding hydrogens is 170 g/mol. The van der Waals surface area contributed by atoms with Crippen LogP contribution in [0.15, 0.2) is 4.79 Å². The molecule has 0 spiro atoms. The Morgan fingerprint density at radius 2 is 2.00 bits per heavy atom. The Hall–Kier alpha value is -1.98. The van der Waals surface area contributed by atoms with E-state index >= 15 is 0 Å². The summed E-state index contributed by atoms with van der Waals surface area (Å²) >= 11 is 0. The molecule has 2 aromatic heterocycles. The summed E-state index contributed by atoms with van der Waals surface area (Å²) in [5, 5.41) is 0. The van der Waals surface area contributed by atoms with E-state index < -0.39 is 0 Å². The molecule has 6 nitrogen and oxygen atoms in total. The second kappa shape index (κ2) is 2.25. The number of aryl methyl sites for hydroxylation is 1. The van der Waals surface area contributed by atoms with Crippen molar-refractivity contribution in [2.45, 2.75) is 6.92 Å². The van der Waals surface area contributed by atoms with Crippen LogP contribution in [-0.2, 0) is 0 Å². The van der Waals surface area contributed by atoms with E-state index in [0.717, 1.165) is 5.56 Å². The molecule has 0 saturated carbocycles. The van der Waals surface area contributed by atoms with Crippen molar-refractivity contribution < 1.29 is 0 Å². The summed E-state index contributed by atoms with van der Waals surface area (Å²) in [4.78, 5) is 19.9. The zero-order chi connectivity index (χ0) is 9.59. The van der Waals surface area contributed by atoms with Crippen LogP contribution in [-0.4, -0.2) is 15.0 Å². The van der Waals surface area contributed by atoms with Crippen LogP contribution in [0.1, 0.15) is 5.56 Å². The van der Waals surface area contributed by atoms with Crippen LogP contribution in [0.4, 0.5) is 11.5 Å². The van der Waals surface area contributed by atoms with E-state index in [1.54, 1.807) is 6.92 Å². The maximum Gasteiger partial charge on any atom is 0.325 e. The third-order valence-electron chi connectivity index (χ3n) is 1.99. The Morgan fingerprint density at radius 3 is 2.69 bits per heavy atom. The molecule has 0 aliphatic heterocycles. The van der Waals surface area contributed by atoms with Crippen LogP contribution in [0.25, 0.3) is 11.2 Å². The molecule has 13 heavy (non-hydrogen) atoms. The minimum absolute atomic E-state index is 0.236. The first kappa shape index (κ1) is 7.66. The molecule has 0 bridgehead atoms. The molecule has 6 N–H and O–H groups in total. The van der Waals surface area contributed by atoms with E-state index in [0.29, 0.717) is 16.9 Å². The Morgan fingerprint density at radius 1 is 1.31 bits per heavy atom. The monoisotopic (exact) mass is 179 g/mol. The molecule has 2 heterocycles. The molecule has 2 aromatic rings. The molecule has 68 valence electrons. The van der Waals surface area contributed by atoms with Gasteiger partial charge in [0.05, 0.1) is 11.2 Å². The van der Waals surface area contributed by atoms with Crippen molar-refractivity contribution >= 4 is 22.7 Å². The van der Waals surface area contributed by atoms with Crippen molar-refractivity contribution in [2.24, 2.45) is 0 Å². The van der Waals surface area contributed by atoms with Crippen molar-refractivity contribution in [3.05, 3.63) is 16.0 Å². The zero-order valence-corrected chi connectivity index (χ0v) is 7.01. The number of aromatic nitrogens is 3. The molecule has 0 saturated heterocycles. The quantitative estimate of drug-likeness (QED) is 0.445. The molecule has 0 fully saturated rings. The van der Waals surface area contributed by atoms with Gasteiger partial charge in [0.1, 0.15) is 5.82 Å². The SMILES string of the molecule is Cc1c(N)c(N)nc2[nH]c(=O)[nH]c12. The van der Waals surface area contributed by atoms with Gasteiger partial charge in [0.25, 0.3) is 0 Å². The lowest BCUT2D eigenvalue weighted by molar-refractivity contribution is 1.20. The minimum Gasteiger partial charge on any atom is -0.395 e. The maximum atomic E-state index is 10.9. The van der Waals surface area contributed by atoms with Crippen LogP contribution in [0, 0.1) is 6.92 Å². The highest BCUT2D eigenvalue weighted by Crippen LogP contribution is 2.22. The standard InChI is InChI=1S/C7H9N5O/c1-2-3(8)5(9)11-6-4(2)10-7(13)12-6/h8H2,1H3,(H4,9,10,11,12,13). The average Bonchev–Trinajstić information content (AvgIpc) is 2.42. The van der Waals surface area contributed by atoms with Crippen molar-refractivity contribution in [3.63, 3.8) is 0 Å². The Labute approximate surface area is 73.0 Å². The van der Waals surface area contributed by atoms with Gasteiger partial charge < -0.3 is 16.5 Å². The molecule has 0 amide bonds. The first-order chi connectivity index (χ1) is 6.09. The van der Waals surface area contributed by atoms with Gasteiger partial charge in [-0.3, -0.25) is 4.98 Å². The summed E-state index contributed by atoms with van der Waals surface area (Å²) in [5.41, 5.74) is 13.0. The fourth-order valence-corrected chi connectivity index (χ4v) is 1.24. The van der Waals surface area contributed by atoms with Gasteiger partial charge in [0, 0.05) is 5.56 Å². The number of nitrogens with one attached hydrogen (secondary N) is 2. The normalized spacial score (nSPS) is 10.8. The van der Waals surface area contributed by atoms with Crippen molar-refractivity contribution in [3.8, 4) is 0 Å². The van der Waals surface area contributed by atoms with Gasteiger partial charge in [-0.25, -0.2) is 9.78 Å². The fourth-order valence-electron chi connectivity index (χ4n) is 1.24. The number of anilines is 2. The third-order valence-corrected chi connectivity index (χ3v) is 1.99. The number of nitrogens with zero attached hydrogens (tertiary/aromatic N) is 1. The second-order valence-corrected chi connectivity index (χ2v) is 2.84. The topological polar surface area (TPSA) is 114 Å². The summed E-state index contributed by atoms with van der Waals surface area (Å²) < 4.78 is 0. The number of pyridine rings is 1. The molecule has 0 atom stereocenters. The lowest BCUT2D eigenvalue weighted by Crippen LogP contribution is -2.00. The summed E-state index contributed by atoms with van der Waals surface area (Å²) in [5.74, 6) is 0.236. The average molecular weight is 179 g/mol. The maximum absolute atomic E-state index is 10.9. The summed E-state index contributed by atoms with van der Waals surface area (Å²) in [6.45, 7) is 1.78. The first-order valence-electron chi connectivity index (χ1n) is 3.73. The Kier molecular flexibility index (Phi) is 1.33. The van der Waals surface area contributed by atoms with Gasteiger partial charge in [-0.15, -0.1) is 0 Å². The summed E-state index contributed by atoms with van der Waals surface area (Å²) in [6.07, 6.45) is 0. The molecule has 0 aliphatic carbocycles. The number of rotatable bonds is 0. The largest absolute Gasteiger partial charge is 0.395 e. The van der Waals surface area contributed by atoms with Crippen LogP contribution in [0.5, 0.6) is 0 Å². The smallest absolute Gasteiger partial charge is 0.325 e. The fraction of sp³-hybridized carbons (Fsp3) is 0.143. The van der Waals surface area contributed by atoms with E-state index in [4.69, 9.17) is 11.5 Å². The second-order valence-electron chi connectivity index (χ2n) is 2.84. The lowest BCUT2D eigenvalue weighted by atomic mass is 10.2. The molecular formula is C7H9N5O. The number of hydrogen-bond donors (Lipinski definition) is 4. The zero-order valence-electron chi connectivity index (χ0n) is 7.01. The van der Waals surface area contributed by atoms with E-state index in [9.17, 15) is 4.79 Å². The van der Waals surface area contributed by atoms with Crippen LogP contribution >= 0.6 is 0 Å². The van der Waals surface area contributed by atoms with E-state index in [1.807, 2.05) is 0 Å². The van der Waals surface area contributed by atoms with Crippen molar-refractivity contribution in [1.29, 1.82) is 0 Å². The van der Waals surface area contributed by atoms with Gasteiger partial charge >= 0.3 is 5.69 Å². The van der Waals surface area contributed by atoms with Gasteiger partial charge in [-0.2, -0.15) is 0 Å². The van der Waals surface area contributed by atoms with Crippen LogP contribution < -0.4 is 17.2 Å². The number of nitrogens with two attached hydrogens (primary N) is 2. The van der Waals surface area contributed by atoms with E-state index in [-0.39, 0.29) is 11.5 Å². The van der Waals surface area contributed by atoms with Crippen LogP contribution in [0.2, 0.25) is 0 Å². The third kappa shape index (κ3) is 0.952. The van der Waals surface area contributed by atoms with Crippen molar-refractivity contribution in [2.75, 3.05) is 11.5 Å². The van der Waals surface area contributed by atoms with Gasteiger partial charge in [0.15, 0.2) is 5.65 Å². The first-order valence-corrected chi connectivity index (χ1v) is 3.73. The highest BCUT2D eigenvalue weighted by Gasteiger charge is 2.08. The van der Waals surface area contributed by atoms with Gasteiger partial charge in [-0.1, -0.05) is 0 Å². The molecule has 0 unspecified atom stereocenters. The Bertz CT molecular complexity index is 523. The van der Waals surface area contributed by atoms with Gasteiger partial charge in [-0.05, 0) is 6.92 Å². The summed E-state index contributed by atoms with van der Waals surface area (Å²) in [7, 11) is 0. The summed E-state index contributed by atoms with van der Waals surface area (Å²) in [6, 6.07) is 0. The van der Waals surface area contributed by atoms with Gasteiger partial charge in [0.2, 0.25) is 0 Å². The van der Waals surface area contributed by atoms with Crippen molar-refractivity contribution in [1.82, 2.24) is 15.0 Å². The molecule has 0 aliphatic rings. The molecule has 0 radical (unpaired) electrons. The number of nitrogen functional groups attached to an aromatic ring is 2. The highest BCUT2D eigenvalue weighted by atomic mass is 16.1. The number of fused-ring (bicyclic) bond motifs is 1. The van der Waals surface area contributed by atoms with E-state index in [2.05, 4.69) is 15.0 Å². The Balaban J connectivity index is 3.00. The number of hydrogen-bond acceptors (Lipinski definition) is 4. The van der Waals surface area contributed by atoms with E-state index in [1.165, 1.54) is 0 Å². The lowest BCUT2D eigenvalue weighted by Gasteiger charge is -2.02. The minimum atomic E-state index is -0.310. The number of imidazole rings is 1.